The predicted molar refractivity (Wildman–Crippen MR) is 117 cm³/mol. The zero-order chi connectivity index (χ0) is 20.5. The first-order chi connectivity index (χ1) is 14.2. The van der Waals surface area contributed by atoms with E-state index in [0.29, 0.717) is 17.9 Å². The van der Waals surface area contributed by atoms with Crippen molar-refractivity contribution < 1.29 is 8.78 Å². The third-order valence-corrected chi connectivity index (χ3v) is 7.88. The van der Waals surface area contributed by atoms with Crippen molar-refractivity contribution in [1.29, 1.82) is 0 Å². The van der Waals surface area contributed by atoms with E-state index in [0.717, 1.165) is 24.2 Å². The van der Waals surface area contributed by atoms with Gasteiger partial charge in [0.15, 0.2) is 0 Å². The lowest BCUT2D eigenvalue weighted by atomic mass is 9.68. The maximum atomic E-state index is 13.7. The first-order valence-corrected chi connectivity index (χ1v) is 12.5. The Kier molecular flexibility index (Phi) is 9.39. The molecule has 0 N–H and O–H groups in total. The van der Waals surface area contributed by atoms with E-state index in [2.05, 4.69) is 11.9 Å². The van der Waals surface area contributed by atoms with Crippen LogP contribution in [-0.4, -0.2) is 4.98 Å². The summed E-state index contributed by atoms with van der Waals surface area (Å²) in [5.41, 5.74) is 0.571. The van der Waals surface area contributed by atoms with E-state index in [1.807, 2.05) is 0 Å². The van der Waals surface area contributed by atoms with E-state index in [-0.39, 0.29) is 0 Å². The highest BCUT2D eigenvalue weighted by Gasteiger charge is 2.30. The number of aryl methyl sites for hydroxylation is 1. The second-order valence-corrected chi connectivity index (χ2v) is 9.89. The Hall–Kier alpha value is -0.990. The normalized spacial score (nSPS) is 27.8. The molecule has 0 saturated heterocycles. The molecule has 1 heterocycles. The minimum atomic E-state index is -0.724. The summed E-state index contributed by atoms with van der Waals surface area (Å²) in [5, 5.41) is 0. The SMILES string of the molecule is CCCCCCC[C@H]1CC[C@H]([C@H]2CC[C@H](CCc3ccc(F)nc3F)CC2)CC1. The minimum Gasteiger partial charge on any atom is -0.190 e. The van der Waals surface area contributed by atoms with Gasteiger partial charge in [-0.2, -0.15) is 13.8 Å². The van der Waals surface area contributed by atoms with Crippen molar-refractivity contribution in [3.63, 3.8) is 0 Å². The van der Waals surface area contributed by atoms with E-state index in [1.54, 1.807) is 6.07 Å². The van der Waals surface area contributed by atoms with Gasteiger partial charge in [-0.15, -0.1) is 0 Å². The molecule has 1 aromatic rings. The molecule has 1 nitrogen and oxygen atoms in total. The van der Waals surface area contributed by atoms with E-state index in [1.165, 1.54) is 96.0 Å². The molecule has 0 spiro atoms. The van der Waals surface area contributed by atoms with Crippen LogP contribution in [0.3, 0.4) is 0 Å². The molecule has 2 fully saturated rings. The second kappa shape index (κ2) is 12.0. The lowest BCUT2D eigenvalue weighted by Gasteiger charge is -2.38. The van der Waals surface area contributed by atoms with Gasteiger partial charge in [-0.3, -0.25) is 0 Å². The van der Waals surface area contributed by atoms with Crippen LogP contribution in [0.2, 0.25) is 0 Å². The van der Waals surface area contributed by atoms with Gasteiger partial charge in [0, 0.05) is 5.56 Å². The molecular formula is C26H41F2N. The topological polar surface area (TPSA) is 12.9 Å². The Balaban J connectivity index is 1.30. The molecule has 0 atom stereocenters. The fourth-order valence-corrected chi connectivity index (χ4v) is 5.92. The summed E-state index contributed by atoms with van der Waals surface area (Å²) >= 11 is 0. The second-order valence-electron chi connectivity index (χ2n) is 9.89. The number of nitrogens with zero attached hydrogens (tertiary/aromatic N) is 1. The van der Waals surface area contributed by atoms with E-state index in [9.17, 15) is 8.78 Å². The molecule has 0 aromatic carbocycles. The van der Waals surface area contributed by atoms with Crippen molar-refractivity contribution in [3.8, 4) is 0 Å². The Bertz CT molecular complexity index is 586. The summed E-state index contributed by atoms with van der Waals surface area (Å²) in [7, 11) is 0. The summed E-state index contributed by atoms with van der Waals surface area (Å²) in [6, 6.07) is 2.84. The Morgan fingerprint density at radius 3 is 1.93 bits per heavy atom. The Morgan fingerprint density at radius 2 is 1.34 bits per heavy atom. The minimum absolute atomic E-state index is 0.571. The van der Waals surface area contributed by atoms with Crippen molar-refractivity contribution in [2.24, 2.45) is 23.7 Å². The van der Waals surface area contributed by atoms with Crippen LogP contribution in [0.25, 0.3) is 0 Å². The summed E-state index contributed by atoms with van der Waals surface area (Å²) in [5.74, 6) is 2.25. The van der Waals surface area contributed by atoms with Gasteiger partial charge in [0.05, 0.1) is 0 Å². The molecule has 2 aliphatic rings. The van der Waals surface area contributed by atoms with Crippen LogP contribution >= 0.6 is 0 Å². The summed E-state index contributed by atoms with van der Waals surface area (Å²) in [4.78, 5) is 3.31. The number of hydrogen-bond acceptors (Lipinski definition) is 1. The average molecular weight is 406 g/mol. The van der Waals surface area contributed by atoms with Gasteiger partial charge in [0.1, 0.15) is 0 Å². The molecule has 0 bridgehead atoms. The van der Waals surface area contributed by atoms with Gasteiger partial charge >= 0.3 is 0 Å². The summed E-state index contributed by atoms with van der Waals surface area (Å²) in [6.07, 6.45) is 21.4. The predicted octanol–water partition coefficient (Wildman–Crippen LogP) is 8.27. The van der Waals surface area contributed by atoms with Crippen LogP contribution < -0.4 is 0 Å². The van der Waals surface area contributed by atoms with Crippen molar-refractivity contribution in [2.45, 2.75) is 110 Å². The number of unbranched alkanes of at least 4 members (excludes halogenated alkanes) is 4. The molecule has 2 saturated carbocycles. The van der Waals surface area contributed by atoms with Crippen molar-refractivity contribution in [2.75, 3.05) is 0 Å². The first-order valence-electron chi connectivity index (χ1n) is 12.5. The lowest BCUT2D eigenvalue weighted by Crippen LogP contribution is -2.26. The lowest BCUT2D eigenvalue weighted by molar-refractivity contribution is 0.140. The van der Waals surface area contributed by atoms with Gasteiger partial charge in [0.2, 0.25) is 11.9 Å². The largest absolute Gasteiger partial charge is 0.218 e. The van der Waals surface area contributed by atoms with Crippen LogP contribution in [0.4, 0.5) is 8.78 Å². The quantitative estimate of drug-likeness (QED) is 0.282. The molecule has 0 aliphatic heterocycles. The fourth-order valence-electron chi connectivity index (χ4n) is 5.92. The first kappa shape index (κ1) is 22.7. The number of hydrogen-bond donors (Lipinski definition) is 0. The molecule has 29 heavy (non-hydrogen) atoms. The standard InChI is InChI=1S/C26H41F2N/c1-2-3-4-5-6-7-20-8-13-22(14-9-20)23-15-10-21(11-16-23)12-17-24-18-19-25(27)29-26(24)28/h18-23H,2-17H2,1H3/t20-,21-,22-,23-. The summed E-state index contributed by atoms with van der Waals surface area (Å²) < 4.78 is 26.7. The third kappa shape index (κ3) is 7.33. The zero-order valence-corrected chi connectivity index (χ0v) is 18.5. The smallest absolute Gasteiger partial charge is 0.190 e. The maximum absolute atomic E-state index is 13.7. The van der Waals surface area contributed by atoms with Crippen molar-refractivity contribution >= 4 is 0 Å². The van der Waals surface area contributed by atoms with Crippen LogP contribution in [-0.2, 0) is 6.42 Å². The molecule has 0 amide bonds. The van der Waals surface area contributed by atoms with Crippen LogP contribution in [0.1, 0.15) is 109 Å². The molecule has 0 radical (unpaired) electrons. The highest BCUT2D eigenvalue weighted by Crippen LogP contribution is 2.43. The van der Waals surface area contributed by atoms with Gasteiger partial charge in [-0.25, -0.2) is 0 Å². The van der Waals surface area contributed by atoms with Crippen molar-refractivity contribution in [3.05, 3.63) is 29.6 Å². The van der Waals surface area contributed by atoms with Gasteiger partial charge in [-0.1, -0.05) is 71.1 Å². The number of rotatable bonds is 10. The Morgan fingerprint density at radius 1 is 0.759 bits per heavy atom. The molecule has 2 aliphatic carbocycles. The maximum Gasteiger partial charge on any atom is 0.218 e. The molecule has 0 unspecified atom stereocenters. The van der Waals surface area contributed by atoms with Crippen molar-refractivity contribution in [1.82, 2.24) is 4.98 Å². The zero-order valence-electron chi connectivity index (χ0n) is 18.5. The van der Waals surface area contributed by atoms with E-state index in [4.69, 9.17) is 0 Å². The van der Waals surface area contributed by atoms with Crippen LogP contribution in [0.15, 0.2) is 12.1 Å². The average Bonchev–Trinajstić information content (AvgIpc) is 2.74. The highest BCUT2D eigenvalue weighted by atomic mass is 19.1. The van der Waals surface area contributed by atoms with E-state index >= 15 is 0 Å². The molecule has 164 valence electrons. The van der Waals surface area contributed by atoms with Gasteiger partial charge < -0.3 is 0 Å². The van der Waals surface area contributed by atoms with E-state index < -0.39 is 11.9 Å². The fraction of sp³-hybridized carbons (Fsp3) is 0.808. The number of pyridine rings is 1. The highest BCUT2D eigenvalue weighted by molar-refractivity contribution is 5.11. The van der Waals surface area contributed by atoms with Gasteiger partial charge in [-0.05, 0) is 74.3 Å². The molecule has 3 heteroatoms. The van der Waals surface area contributed by atoms with Crippen LogP contribution in [0, 0.1) is 35.6 Å². The molecule has 3 rings (SSSR count). The monoisotopic (exact) mass is 405 g/mol. The van der Waals surface area contributed by atoms with Crippen LogP contribution in [0.5, 0.6) is 0 Å². The Labute approximate surface area is 177 Å². The van der Waals surface area contributed by atoms with Gasteiger partial charge in [0.25, 0.3) is 0 Å². The molecule has 1 aromatic heterocycles. The number of aromatic nitrogens is 1. The number of halogens is 2. The third-order valence-electron chi connectivity index (χ3n) is 7.88. The summed E-state index contributed by atoms with van der Waals surface area (Å²) in [6.45, 7) is 2.29. The molecular weight excluding hydrogens is 364 g/mol.